The number of hydrogen-bond acceptors (Lipinski definition) is 5. The Balaban J connectivity index is 1.58. The fraction of sp³-hybridized carbons (Fsp3) is 0.524. The van der Waals surface area contributed by atoms with Crippen molar-refractivity contribution in [3.63, 3.8) is 0 Å². The van der Waals surface area contributed by atoms with Crippen molar-refractivity contribution in [1.29, 1.82) is 0 Å². The average molecular weight is 352 g/mol. The Labute approximate surface area is 155 Å². The zero-order valence-electron chi connectivity index (χ0n) is 15.5. The standard InChI is InChI=1S/C21H28N4O/c1-16-9-11-25(12-10-16)20-14-19(17-6-3-2-4-7-17)23-21(24-20)22-15-18-8-5-13-26-18/h2-4,6-7,14,16,18H,5,8-13,15H2,1H3,(H,22,23,24). The van der Waals surface area contributed by atoms with E-state index in [4.69, 9.17) is 14.7 Å². The molecule has 0 radical (unpaired) electrons. The first kappa shape index (κ1) is 17.3. The van der Waals surface area contributed by atoms with Gasteiger partial charge in [-0.15, -0.1) is 0 Å². The number of rotatable bonds is 5. The molecule has 0 saturated carbocycles. The molecular formula is C21H28N4O. The van der Waals surface area contributed by atoms with Gasteiger partial charge in [0.25, 0.3) is 0 Å². The van der Waals surface area contributed by atoms with Gasteiger partial charge < -0.3 is 15.0 Å². The summed E-state index contributed by atoms with van der Waals surface area (Å²) >= 11 is 0. The lowest BCUT2D eigenvalue weighted by Crippen LogP contribution is -2.33. The second-order valence-electron chi connectivity index (χ2n) is 7.49. The van der Waals surface area contributed by atoms with Crippen molar-refractivity contribution in [1.82, 2.24) is 9.97 Å². The summed E-state index contributed by atoms with van der Waals surface area (Å²) in [5.41, 5.74) is 2.10. The van der Waals surface area contributed by atoms with Gasteiger partial charge in [0.15, 0.2) is 0 Å². The lowest BCUT2D eigenvalue weighted by Gasteiger charge is -2.31. The molecule has 26 heavy (non-hydrogen) atoms. The molecule has 2 fully saturated rings. The van der Waals surface area contributed by atoms with Gasteiger partial charge in [-0.2, -0.15) is 4.98 Å². The maximum absolute atomic E-state index is 5.72. The summed E-state index contributed by atoms with van der Waals surface area (Å²) in [5, 5.41) is 3.41. The molecule has 5 nitrogen and oxygen atoms in total. The molecule has 0 aliphatic carbocycles. The van der Waals surface area contributed by atoms with Crippen molar-refractivity contribution in [2.24, 2.45) is 5.92 Å². The van der Waals surface area contributed by atoms with Gasteiger partial charge in [0.1, 0.15) is 5.82 Å². The van der Waals surface area contributed by atoms with Gasteiger partial charge in [0.2, 0.25) is 5.95 Å². The third kappa shape index (κ3) is 4.15. The van der Waals surface area contributed by atoms with Crippen molar-refractivity contribution >= 4 is 11.8 Å². The number of piperidine rings is 1. The molecule has 2 saturated heterocycles. The zero-order chi connectivity index (χ0) is 17.8. The molecule has 0 amide bonds. The minimum Gasteiger partial charge on any atom is -0.376 e. The number of ether oxygens (including phenoxy) is 1. The summed E-state index contributed by atoms with van der Waals surface area (Å²) in [7, 11) is 0. The Bertz CT molecular complexity index is 707. The Kier molecular flexibility index (Phi) is 5.34. The second kappa shape index (κ2) is 8.04. The number of aromatic nitrogens is 2. The van der Waals surface area contributed by atoms with Crippen LogP contribution in [-0.2, 0) is 4.74 Å². The number of hydrogen-bond donors (Lipinski definition) is 1. The van der Waals surface area contributed by atoms with Gasteiger partial charge >= 0.3 is 0 Å². The highest BCUT2D eigenvalue weighted by Crippen LogP contribution is 2.27. The SMILES string of the molecule is CC1CCN(c2cc(-c3ccccc3)nc(NCC3CCCO3)n2)CC1. The maximum atomic E-state index is 5.72. The summed E-state index contributed by atoms with van der Waals surface area (Å²) in [6.07, 6.45) is 4.99. The molecule has 1 N–H and O–H groups in total. The molecule has 4 rings (SSSR count). The first-order valence-electron chi connectivity index (χ1n) is 9.83. The number of nitrogens with one attached hydrogen (secondary N) is 1. The van der Waals surface area contributed by atoms with Gasteiger partial charge in [-0.25, -0.2) is 4.98 Å². The summed E-state index contributed by atoms with van der Waals surface area (Å²) < 4.78 is 5.72. The highest BCUT2D eigenvalue weighted by atomic mass is 16.5. The molecule has 0 bridgehead atoms. The van der Waals surface area contributed by atoms with Crippen molar-refractivity contribution in [3.05, 3.63) is 36.4 Å². The number of nitrogens with zero attached hydrogens (tertiary/aromatic N) is 3. The molecule has 1 unspecified atom stereocenters. The number of benzene rings is 1. The largest absolute Gasteiger partial charge is 0.376 e. The summed E-state index contributed by atoms with van der Waals surface area (Å²) in [4.78, 5) is 12.0. The van der Waals surface area contributed by atoms with Crippen LogP contribution >= 0.6 is 0 Å². The normalized spacial score (nSPS) is 21.1. The zero-order valence-corrected chi connectivity index (χ0v) is 15.5. The fourth-order valence-electron chi connectivity index (χ4n) is 3.68. The van der Waals surface area contributed by atoms with E-state index in [1.165, 1.54) is 12.8 Å². The topological polar surface area (TPSA) is 50.3 Å². The molecule has 3 heterocycles. The third-order valence-corrected chi connectivity index (χ3v) is 5.40. The molecule has 2 aliphatic heterocycles. The Morgan fingerprint density at radius 3 is 2.65 bits per heavy atom. The molecule has 2 aliphatic rings. The van der Waals surface area contributed by atoms with Crippen molar-refractivity contribution < 1.29 is 4.74 Å². The molecule has 5 heteroatoms. The first-order chi connectivity index (χ1) is 12.8. The van der Waals surface area contributed by atoms with Crippen LogP contribution in [0.5, 0.6) is 0 Å². The minimum absolute atomic E-state index is 0.276. The Hall–Kier alpha value is -2.14. The monoisotopic (exact) mass is 352 g/mol. The Morgan fingerprint density at radius 2 is 1.92 bits per heavy atom. The highest BCUT2D eigenvalue weighted by Gasteiger charge is 2.20. The van der Waals surface area contributed by atoms with E-state index in [1.807, 2.05) is 6.07 Å². The quantitative estimate of drug-likeness (QED) is 0.882. The molecule has 0 spiro atoms. The lowest BCUT2D eigenvalue weighted by molar-refractivity contribution is 0.120. The van der Waals surface area contributed by atoms with Crippen molar-refractivity contribution in [2.45, 2.75) is 38.7 Å². The van der Waals surface area contributed by atoms with E-state index in [-0.39, 0.29) is 6.10 Å². The van der Waals surface area contributed by atoms with Crippen LogP contribution in [0, 0.1) is 5.92 Å². The van der Waals surface area contributed by atoms with E-state index in [0.717, 1.165) is 62.1 Å². The molecular weight excluding hydrogens is 324 g/mol. The summed E-state index contributed by atoms with van der Waals surface area (Å²) in [6, 6.07) is 12.5. The smallest absolute Gasteiger partial charge is 0.225 e. The predicted molar refractivity (Wildman–Crippen MR) is 106 cm³/mol. The molecule has 1 aromatic carbocycles. The Morgan fingerprint density at radius 1 is 1.12 bits per heavy atom. The van der Waals surface area contributed by atoms with Crippen molar-refractivity contribution in [2.75, 3.05) is 36.5 Å². The molecule has 2 aromatic rings. The van der Waals surface area contributed by atoms with E-state index in [9.17, 15) is 0 Å². The first-order valence-corrected chi connectivity index (χ1v) is 9.83. The van der Waals surface area contributed by atoms with Gasteiger partial charge in [0.05, 0.1) is 11.8 Å². The van der Waals surface area contributed by atoms with Crippen LogP contribution in [0.25, 0.3) is 11.3 Å². The molecule has 1 aromatic heterocycles. The van der Waals surface area contributed by atoms with Gasteiger partial charge in [-0.05, 0) is 31.6 Å². The molecule has 138 valence electrons. The fourth-order valence-corrected chi connectivity index (χ4v) is 3.68. The predicted octanol–water partition coefficient (Wildman–Crippen LogP) is 3.97. The van der Waals surface area contributed by atoms with E-state index >= 15 is 0 Å². The van der Waals surface area contributed by atoms with E-state index in [2.05, 4.69) is 47.5 Å². The third-order valence-electron chi connectivity index (χ3n) is 5.40. The van der Waals surface area contributed by atoms with Crippen LogP contribution in [0.4, 0.5) is 11.8 Å². The van der Waals surface area contributed by atoms with E-state index in [1.54, 1.807) is 0 Å². The van der Waals surface area contributed by atoms with Crippen LogP contribution in [0.15, 0.2) is 36.4 Å². The maximum Gasteiger partial charge on any atom is 0.225 e. The summed E-state index contributed by atoms with van der Waals surface area (Å²) in [5.74, 6) is 2.54. The van der Waals surface area contributed by atoms with Crippen LogP contribution in [-0.4, -0.2) is 42.3 Å². The van der Waals surface area contributed by atoms with Crippen LogP contribution in [0.2, 0.25) is 0 Å². The second-order valence-corrected chi connectivity index (χ2v) is 7.49. The van der Waals surface area contributed by atoms with Crippen LogP contribution in [0.1, 0.15) is 32.6 Å². The van der Waals surface area contributed by atoms with Crippen LogP contribution in [0.3, 0.4) is 0 Å². The van der Waals surface area contributed by atoms with Gasteiger partial charge in [-0.1, -0.05) is 37.3 Å². The van der Waals surface area contributed by atoms with Gasteiger partial charge in [0, 0.05) is 37.9 Å². The van der Waals surface area contributed by atoms with Crippen LogP contribution < -0.4 is 10.2 Å². The summed E-state index contributed by atoms with van der Waals surface area (Å²) in [6.45, 7) is 6.11. The van der Waals surface area contributed by atoms with E-state index < -0.39 is 0 Å². The average Bonchev–Trinajstić information content (AvgIpc) is 3.21. The highest BCUT2D eigenvalue weighted by molar-refractivity contribution is 5.64. The lowest BCUT2D eigenvalue weighted by atomic mass is 9.99. The van der Waals surface area contributed by atoms with Gasteiger partial charge in [-0.3, -0.25) is 0 Å². The molecule has 1 atom stereocenters. The minimum atomic E-state index is 0.276. The number of anilines is 2. The van der Waals surface area contributed by atoms with Crippen molar-refractivity contribution in [3.8, 4) is 11.3 Å². The van der Waals surface area contributed by atoms with E-state index in [0.29, 0.717) is 5.95 Å².